The number of amidine groups is 1. The predicted octanol–water partition coefficient (Wildman–Crippen LogP) is -0.0723. The topological polar surface area (TPSA) is 53.9 Å². The normalized spacial score (nSPS) is 20.8. The van der Waals surface area contributed by atoms with Crippen LogP contribution in [0.3, 0.4) is 0 Å². The molecule has 1 fully saturated rings. The summed E-state index contributed by atoms with van der Waals surface area (Å²) in [5.74, 6) is 1.26. The molecule has 1 saturated heterocycles. The van der Waals surface area contributed by atoms with Gasteiger partial charge in [0.1, 0.15) is 0 Å². The van der Waals surface area contributed by atoms with Gasteiger partial charge in [0.05, 0.1) is 19.8 Å². The fourth-order valence-corrected chi connectivity index (χ4v) is 2.45. The first-order valence-electron chi connectivity index (χ1n) is 5.63. The molecule has 1 amide bonds. The lowest BCUT2D eigenvalue weighted by Gasteiger charge is -2.26. The number of morpholine rings is 1. The molecule has 1 N–H and O–H groups in total. The van der Waals surface area contributed by atoms with Gasteiger partial charge in [0, 0.05) is 31.8 Å². The minimum Gasteiger partial charge on any atom is -0.378 e. The molecule has 2 rings (SSSR count). The van der Waals surface area contributed by atoms with Crippen molar-refractivity contribution in [1.29, 1.82) is 0 Å². The van der Waals surface area contributed by atoms with Gasteiger partial charge in [-0.25, -0.2) is 0 Å². The summed E-state index contributed by atoms with van der Waals surface area (Å²) in [6.45, 7) is 4.37. The third kappa shape index (κ3) is 3.38. The molecular formula is C10H17N3O2S. The van der Waals surface area contributed by atoms with Crippen LogP contribution in [0.4, 0.5) is 0 Å². The highest BCUT2D eigenvalue weighted by Gasteiger charge is 2.16. The molecule has 0 aromatic rings. The van der Waals surface area contributed by atoms with Crippen molar-refractivity contribution in [2.75, 3.05) is 45.1 Å². The Kier molecular flexibility index (Phi) is 4.47. The zero-order valence-corrected chi connectivity index (χ0v) is 10.1. The highest BCUT2D eigenvalue weighted by atomic mass is 32.2. The number of amides is 1. The smallest absolute Gasteiger partial charge is 0.224 e. The van der Waals surface area contributed by atoms with Gasteiger partial charge < -0.3 is 15.0 Å². The van der Waals surface area contributed by atoms with E-state index in [0.717, 1.165) is 30.6 Å². The van der Waals surface area contributed by atoms with Gasteiger partial charge >= 0.3 is 0 Å². The second-order valence-corrected chi connectivity index (χ2v) is 4.79. The lowest BCUT2D eigenvalue weighted by molar-refractivity contribution is -0.135. The van der Waals surface area contributed by atoms with Crippen molar-refractivity contribution in [3.63, 3.8) is 0 Å². The fraction of sp³-hybridized carbons (Fsp3) is 0.800. The van der Waals surface area contributed by atoms with E-state index in [1.54, 1.807) is 11.8 Å². The summed E-state index contributed by atoms with van der Waals surface area (Å²) in [4.78, 5) is 17.9. The Balaban J connectivity index is 1.63. The van der Waals surface area contributed by atoms with E-state index < -0.39 is 0 Å². The fourth-order valence-electron chi connectivity index (χ4n) is 1.69. The van der Waals surface area contributed by atoms with Crippen LogP contribution < -0.4 is 5.32 Å². The van der Waals surface area contributed by atoms with Crippen molar-refractivity contribution >= 4 is 22.8 Å². The molecule has 0 radical (unpaired) electrons. The monoisotopic (exact) mass is 243 g/mol. The van der Waals surface area contributed by atoms with E-state index in [1.165, 1.54) is 0 Å². The molecule has 0 spiro atoms. The number of ether oxygens (including phenoxy) is 1. The molecule has 16 heavy (non-hydrogen) atoms. The van der Waals surface area contributed by atoms with E-state index in [4.69, 9.17) is 4.74 Å². The van der Waals surface area contributed by atoms with Crippen molar-refractivity contribution in [1.82, 2.24) is 10.2 Å². The van der Waals surface area contributed by atoms with Crippen LogP contribution in [0.5, 0.6) is 0 Å². The van der Waals surface area contributed by atoms with Crippen LogP contribution in [0.1, 0.15) is 6.42 Å². The highest BCUT2D eigenvalue weighted by molar-refractivity contribution is 8.14. The maximum Gasteiger partial charge on any atom is 0.224 e. The first-order valence-corrected chi connectivity index (χ1v) is 6.61. The first kappa shape index (κ1) is 11.7. The van der Waals surface area contributed by atoms with Crippen LogP contribution in [0.25, 0.3) is 0 Å². The lowest BCUT2D eigenvalue weighted by atomic mass is 10.3. The van der Waals surface area contributed by atoms with Gasteiger partial charge in [-0.3, -0.25) is 9.79 Å². The molecule has 2 heterocycles. The Bertz CT molecular complexity index is 277. The van der Waals surface area contributed by atoms with Gasteiger partial charge in [-0.2, -0.15) is 0 Å². The Morgan fingerprint density at radius 1 is 1.50 bits per heavy atom. The highest BCUT2D eigenvalue weighted by Crippen LogP contribution is 2.08. The third-order valence-corrected chi connectivity index (χ3v) is 3.50. The number of hydrogen-bond donors (Lipinski definition) is 1. The quantitative estimate of drug-likeness (QED) is 0.754. The van der Waals surface area contributed by atoms with E-state index in [2.05, 4.69) is 10.3 Å². The number of aliphatic imine (C=N–C) groups is 1. The minimum absolute atomic E-state index is 0.208. The van der Waals surface area contributed by atoms with Crippen LogP contribution in [-0.2, 0) is 9.53 Å². The molecule has 2 aliphatic rings. The SMILES string of the molecule is O=C(CCNC1=NCCS1)N1CCOCC1. The van der Waals surface area contributed by atoms with Crippen LogP contribution in [-0.4, -0.2) is 61.1 Å². The number of carbonyl (C=O) groups excluding carboxylic acids is 1. The standard InChI is InChI=1S/C10H17N3O2S/c14-9(13-4-6-15-7-5-13)1-2-11-10-12-3-8-16-10/h1-8H2,(H,11,12). The number of nitrogens with one attached hydrogen (secondary N) is 1. The number of thioether (sulfide) groups is 1. The van der Waals surface area contributed by atoms with Gasteiger partial charge in [0.25, 0.3) is 0 Å². The average molecular weight is 243 g/mol. The molecule has 0 aromatic heterocycles. The summed E-state index contributed by atoms with van der Waals surface area (Å²) in [5, 5.41) is 4.17. The third-order valence-electron chi connectivity index (χ3n) is 2.56. The second-order valence-electron chi connectivity index (χ2n) is 3.71. The molecule has 0 saturated carbocycles. The summed E-state index contributed by atoms with van der Waals surface area (Å²) in [7, 11) is 0. The molecule has 0 aliphatic carbocycles. The van der Waals surface area contributed by atoms with Crippen LogP contribution in [0.15, 0.2) is 4.99 Å². The largest absolute Gasteiger partial charge is 0.378 e. The van der Waals surface area contributed by atoms with E-state index in [9.17, 15) is 4.79 Å². The van der Waals surface area contributed by atoms with E-state index in [-0.39, 0.29) is 5.91 Å². The number of nitrogens with zero attached hydrogens (tertiary/aromatic N) is 2. The van der Waals surface area contributed by atoms with Gasteiger partial charge in [0.2, 0.25) is 5.91 Å². The van der Waals surface area contributed by atoms with Gasteiger partial charge in [0.15, 0.2) is 5.17 Å². The van der Waals surface area contributed by atoms with Crippen LogP contribution in [0, 0.1) is 0 Å². The van der Waals surface area contributed by atoms with Crippen molar-refractivity contribution in [2.45, 2.75) is 6.42 Å². The molecule has 6 heteroatoms. The summed E-state index contributed by atoms with van der Waals surface area (Å²) in [5.41, 5.74) is 0. The first-order chi connectivity index (χ1) is 7.86. The Morgan fingerprint density at radius 3 is 3.00 bits per heavy atom. The maximum atomic E-state index is 11.8. The number of carbonyl (C=O) groups is 1. The molecular weight excluding hydrogens is 226 g/mol. The summed E-state index contributed by atoms with van der Waals surface area (Å²) < 4.78 is 5.20. The van der Waals surface area contributed by atoms with E-state index >= 15 is 0 Å². The minimum atomic E-state index is 0.208. The zero-order valence-electron chi connectivity index (χ0n) is 9.28. The Morgan fingerprint density at radius 2 is 2.31 bits per heavy atom. The number of rotatable bonds is 3. The maximum absolute atomic E-state index is 11.8. The van der Waals surface area contributed by atoms with Crippen molar-refractivity contribution in [3.8, 4) is 0 Å². The predicted molar refractivity (Wildman–Crippen MR) is 64.8 cm³/mol. The van der Waals surface area contributed by atoms with E-state index in [0.29, 0.717) is 26.2 Å². The number of hydrogen-bond acceptors (Lipinski definition) is 5. The van der Waals surface area contributed by atoms with E-state index in [1.807, 2.05) is 4.90 Å². The van der Waals surface area contributed by atoms with Crippen molar-refractivity contribution in [2.24, 2.45) is 4.99 Å². The summed E-state index contributed by atoms with van der Waals surface area (Å²) in [6, 6.07) is 0. The molecule has 2 aliphatic heterocycles. The van der Waals surface area contributed by atoms with Crippen LogP contribution in [0.2, 0.25) is 0 Å². The van der Waals surface area contributed by atoms with Gasteiger partial charge in [-0.1, -0.05) is 11.8 Å². The average Bonchev–Trinajstić information content (AvgIpc) is 2.83. The van der Waals surface area contributed by atoms with Crippen molar-refractivity contribution in [3.05, 3.63) is 0 Å². The molecule has 0 aromatic carbocycles. The molecule has 0 unspecified atom stereocenters. The molecule has 5 nitrogen and oxygen atoms in total. The van der Waals surface area contributed by atoms with Gasteiger partial charge in [-0.05, 0) is 0 Å². The second kappa shape index (κ2) is 6.10. The zero-order chi connectivity index (χ0) is 11.2. The molecule has 90 valence electrons. The summed E-state index contributed by atoms with van der Waals surface area (Å²) >= 11 is 1.72. The lowest BCUT2D eigenvalue weighted by Crippen LogP contribution is -2.41. The molecule has 0 atom stereocenters. The van der Waals surface area contributed by atoms with Crippen molar-refractivity contribution < 1.29 is 9.53 Å². The summed E-state index contributed by atoms with van der Waals surface area (Å²) in [6.07, 6.45) is 0.541. The van der Waals surface area contributed by atoms with Crippen LogP contribution >= 0.6 is 11.8 Å². The Labute approximate surface area is 99.6 Å². The van der Waals surface area contributed by atoms with Gasteiger partial charge in [-0.15, -0.1) is 0 Å². The Hall–Kier alpha value is -0.750. The molecule has 0 bridgehead atoms.